The van der Waals surface area contributed by atoms with Crippen molar-refractivity contribution < 1.29 is 22.3 Å². The lowest BCUT2D eigenvalue weighted by Gasteiger charge is -2.20. The van der Waals surface area contributed by atoms with Gasteiger partial charge in [0.1, 0.15) is 5.67 Å². The van der Waals surface area contributed by atoms with Crippen LogP contribution in [0.15, 0.2) is 24.3 Å². The molecule has 1 aromatic carbocycles. The average Bonchev–Trinajstić information content (AvgIpc) is 2.71. The zero-order chi connectivity index (χ0) is 14.8. The Morgan fingerprint density at radius 1 is 1.25 bits per heavy atom. The second kappa shape index (κ2) is 5.69. The first-order valence-electron chi connectivity index (χ1n) is 6.39. The van der Waals surface area contributed by atoms with Crippen LogP contribution in [0, 0.1) is 0 Å². The van der Waals surface area contributed by atoms with Gasteiger partial charge in [-0.25, -0.2) is 4.39 Å². The van der Waals surface area contributed by atoms with E-state index in [-0.39, 0.29) is 13.2 Å². The summed E-state index contributed by atoms with van der Waals surface area (Å²) in [6, 6.07) is 5.00. The number of methoxy groups -OCH3 is 1. The topological polar surface area (TPSA) is 12.5 Å². The van der Waals surface area contributed by atoms with Crippen molar-refractivity contribution in [3.8, 4) is 0 Å². The van der Waals surface area contributed by atoms with E-state index in [4.69, 9.17) is 4.74 Å². The van der Waals surface area contributed by atoms with Gasteiger partial charge in [0.05, 0.1) is 12.2 Å². The van der Waals surface area contributed by atoms with Gasteiger partial charge in [-0.15, -0.1) is 0 Å². The van der Waals surface area contributed by atoms with E-state index in [2.05, 4.69) is 0 Å². The first kappa shape index (κ1) is 15.3. The average molecular weight is 291 g/mol. The van der Waals surface area contributed by atoms with Crippen LogP contribution >= 0.6 is 0 Å². The highest BCUT2D eigenvalue weighted by Crippen LogP contribution is 2.30. The fraction of sp³-hybridized carbons (Fsp3) is 0.571. The highest BCUT2D eigenvalue weighted by atomic mass is 19.4. The van der Waals surface area contributed by atoms with Crippen molar-refractivity contribution >= 4 is 0 Å². The van der Waals surface area contributed by atoms with Gasteiger partial charge in [0.2, 0.25) is 0 Å². The zero-order valence-corrected chi connectivity index (χ0v) is 11.2. The quantitative estimate of drug-likeness (QED) is 0.789. The summed E-state index contributed by atoms with van der Waals surface area (Å²) in [5.74, 6) is 0. The summed E-state index contributed by atoms with van der Waals surface area (Å²) >= 11 is 0. The highest BCUT2D eigenvalue weighted by Gasteiger charge is 2.38. The molecule has 1 atom stereocenters. The summed E-state index contributed by atoms with van der Waals surface area (Å²) in [7, 11) is 1.46. The standard InChI is InChI=1S/C14H17F4NO/c1-20-10-13(15)6-7-19(9-13)8-11-2-4-12(5-3-11)14(16,17)18/h2-5H,6-10H2,1H3. The Morgan fingerprint density at radius 2 is 1.90 bits per heavy atom. The van der Waals surface area contributed by atoms with Gasteiger partial charge in [0.25, 0.3) is 0 Å². The van der Waals surface area contributed by atoms with E-state index in [1.165, 1.54) is 19.2 Å². The van der Waals surface area contributed by atoms with E-state index in [0.29, 0.717) is 19.5 Å². The molecule has 0 bridgehead atoms. The Balaban J connectivity index is 1.95. The molecular weight excluding hydrogens is 274 g/mol. The van der Waals surface area contributed by atoms with E-state index in [1.807, 2.05) is 4.90 Å². The summed E-state index contributed by atoms with van der Waals surface area (Å²) in [6.07, 6.45) is -3.93. The van der Waals surface area contributed by atoms with E-state index < -0.39 is 17.4 Å². The summed E-state index contributed by atoms with van der Waals surface area (Å²) in [4.78, 5) is 1.89. The van der Waals surface area contributed by atoms with E-state index in [0.717, 1.165) is 17.7 Å². The molecule has 112 valence electrons. The van der Waals surface area contributed by atoms with Crippen molar-refractivity contribution in [3.05, 3.63) is 35.4 Å². The van der Waals surface area contributed by atoms with Crippen molar-refractivity contribution in [2.75, 3.05) is 26.8 Å². The third-order valence-corrected chi connectivity index (χ3v) is 3.47. The lowest BCUT2D eigenvalue weighted by Crippen LogP contribution is -2.33. The number of nitrogens with zero attached hydrogens (tertiary/aromatic N) is 1. The van der Waals surface area contributed by atoms with Gasteiger partial charge in [-0.05, 0) is 24.1 Å². The molecule has 0 radical (unpaired) electrons. The van der Waals surface area contributed by atoms with Gasteiger partial charge in [-0.1, -0.05) is 12.1 Å². The maximum Gasteiger partial charge on any atom is 0.416 e. The van der Waals surface area contributed by atoms with E-state index >= 15 is 0 Å². The zero-order valence-electron chi connectivity index (χ0n) is 11.2. The largest absolute Gasteiger partial charge is 0.416 e. The molecule has 1 aliphatic heterocycles. The normalized spacial score (nSPS) is 24.2. The number of benzene rings is 1. The summed E-state index contributed by atoms with van der Waals surface area (Å²) in [5, 5.41) is 0. The van der Waals surface area contributed by atoms with Crippen LogP contribution in [-0.2, 0) is 17.5 Å². The molecule has 2 rings (SSSR count). The lowest BCUT2D eigenvalue weighted by molar-refractivity contribution is -0.137. The van der Waals surface area contributed by atoms with Crippen LogP contribution in [0.1, 0.15) is 17.5 Å². The van der Waals surface area contributed by atoms with Crippen molar-refractivity contribution in [1.82, 2.24) is 4.90 Å². The molecule has 0 aliphatic carbocycles. The first-order chi connectivity index (χ1) is 9.32. The number of rotatable bonds is 4. The SMILES string of the molecule is COCC1(F)CCN(Cc2ccc(C(F)(F)F)cc2)C1. The minimum absolute atomic E-state index is 0.0521. The molecule has 6 heteroatoms. The Labute approximate surface area is 115 Å². The van der Waals surface area contributed by atoms with Gasteiger partial charge < -0.3 is 4.74 Å². The molecule has 1 aromatic rings. The molecule has 0 saturated carbocycles. The Kier molecular flexibility index (Phi) is 4.34. The van der Waals surface area contributed by atoms with Gasteiger partial charge >= 0.3 is 6.18 Å². The second-order valence-electron chi connectivity index (χ2n) is 5.24. The minimum Gasteiger partial charge on any atom is -0.381 e. The fourth-order valence-corrected chi connectivity index (χ4v) is 2.49. The number of likely N-dealkylation sites (tertiary alicyclic amines) is 1. The number of halogens is 4. The van der Waals surface area contributed by atoms with Crippen LogP contribution in [0.25, 0.3) is 0 Å². The van der Waals surface area contributed by atoms with Crippen LogP contribution in [0.4, 0.5) is 17.6 Å². The Hall–Kier alpha value is -1.14. The molecule has 1 saturated heterocycles. The number of ether oxygens (including phenoxy) is 1. The summed E-state index contributed by atoms with van der Waals surface area (Å²) < 4.78 is 56.3. The van der Waals surface area contributed by atoms with E-state index in [1.54, 1.807) is 0 Å². The summed E-state index contributed by atoms with van der Waals surface area (Å²) in [6.45, 7) is 1.34. The van der Waals surface area contributed by atoms with Crippen molar-refractivity contribution in [2.45, 2.75) is 24.8 Å². The van der Waals surface area contributed by atoms with Crippen molar-refractivity contribution in [3.63, 3.8) is 0 Å². The molecule has 1 unspecified atom stereocenters. The molecule has 0 aromatic heterocycles. The number of hydrogen-bond donors (Lipinski definition) is 0. The predicted molar refractivity (Wildman–Crippen MR) is 67.1 cm³/mol. The van der Waals surface area contributed by atoms with Gasteiger partial charge in [-0.2, -0.15) is 13.2 Å². The Bertz CT molecular complexity index is 445. The minimum atomic E-state index is -4.32. The maximum atomic E-state index is 14.2. The monoisotopic (exact) mass is 291 g/mol. The predicted octanol–water partition coefficient (Wildman–Crippen LogP) is 3.27. The summed E-state index contributed by atoms with van der Waals surface area (Å²) in [5.41, 5.74) is -1.26. The van der Waals surface area contributed by atoms with Gasteiger partial charge in [-0.3, -0.25) is 4.90 Å². The van der Waals surface area contributed by atoms with Crippen LogP contribution < -0.4 is 0 Å². The maximum absolute atomic E-state index is 14.2. The third-order valence-electron chi connectivity index (χ3n) is 3.47. The fourth-order valence-electron chi connectivity index (χ4n) is 2.49. The Morgan fingerprint density at radius 3 is 2.45 bits per heavy atom. The van der Waals surface area contributed by atoms with Crippen LogP contribution in [-0.4, -0.2) is 37.4 Å². The number of alkyl halides is 4. The van der Waals surface area contributed by atoms with Gasteiger partial charge in [0.15, 0.2) is 0 Å². The van der Waals surface area contributed by atoms with Crippen LogP contribution in [0.3, 0.4) is 0 Å². The molecule has 2 nitrogen and oxygen atoms in total. The smallest absolute Gasteiger partial charge is 0.381 e. The van der Waals surface area contributed by atoms with Crippen molar-refractivity contribution in [1.29, 1.82) is 0 Å². The second-order valence-corrected chi connectivity index (χ2v) is 5.24. The van der Waals surface area contributed by atoms with Crippen LogP contribution in [0.2, 0.25) is 0 Å². The lowest BCUT2D eigenvalue weighted by atomic mass is 10.1. The molecule has 0 spiro atoms. The first-order valence-corrected chi connectivity index (χ1v) is 6.39. The van der Waals surface area contributed by atoms with E-state index in [9.17, 15) is 17.6 Å². The van der Waals surface area contributed by atoms with Gasteiger partial charge in [0, 0.05) is 26.7 Å². The number of hydrogen-bond acceptors (Lipinski definition) is 2. The highest BCUT2D eigenvalue weighted by molar-refractivity contribution is 5.24. The van der Waals surface area contributed by atoms with Crippen LogP contribution in [0.5, 0.6) is 0 Å². The molecule has 0 N–H and O–H groups in total. The third kappa shape index (κ3) is 3.70. The van der Waals surface area contributed by atoms with Crippen molar-refractivity contribution in [2.24, 2.45) is 0 Å². The molecule has 20 heavy (non-hydrogen) atoms. The molecule has 1 aliphatic rings. The molecule has 1 heterocycles. The molecule has 1 fully saturated rings. The molecular formula is C14H17F4NO. The molecule has 0 amide bonds.